The van der Waals surface area contributed by atoms with Crippen LogP contribution in [0.5, 0.6) is 0 Å². The van der Waals surface area contributed by atoms with Crippen molar-refractivity contribution < 1.29 is 4.52 Å². The van der Waals surface area contributed by atoms with Crippen molar-refractivity contribution in [2.24, 2.45) is 0 Å². The first kappa shape index (κ1) is 15.6. The number of rotatable bonds is 5. The summed E-state index contributed by atoms with van der Waals surface area (Å²) in [5, 5.41) is 4.19. The summed E-state index contributed by atoms with van der Waals surface area (Å²) in [6, 6.07) is 9.40. The Hall–Kier alpha value is -1.26. The lowest BCUT2D eigenvalue weighted by molar-refractivity contribution is 0.245. The summed E-state index contributed by atoms with van der Waals surface area (Å²) in [6.45, 7) is 6.38. The summed E-state index contributed by atoms with van der Waals surface area (Å²) in [4.78, 5) is 3.90. The summed E-state index contributed by atoms with van der Waals surface area (Å²) in [5.74, 6) is 1.06. The van der Waals surface area contributed by atoms with E-state index in [4.69, 9.17) is 4.52 Å². The van der Waals surface area contributed by atoms with Crippen molar-refractivity contribution in [2.75, 3.05) is 12.8 Å². The molecule has 0 spiro atoms. The van der Waals surface area contributed by atoms with Gasteiger partial charge in [-0.25, -0.2) is 0 Å². The Bertz CT molecular complexity index is 621. The SMILES string of the molecule is CCc1onc(C)c1[C@@H]1CCCN1Cc1ccc(SC)cc1. The summed E-state index contributed by atoms with van der Waals surface area (Å²) in [6.07, 6.45) is 5.49. The molecule has 1 aromatic carbocycles. The minimum atomic E-state index is 0.460. The topological polar surface area (TPSA) is 29.3 Å². The molecule has 1 aromatic heterocycles. The van der Waals surface area contributed by atoms with Gasteiger partial charge in [-0.05, 0) is 50.3 Å². The Morgan fingerprint density at radius 3 is 2.77 bits per heavy atom. The molecule has 3 nitrogen and oxygen atoms in total. The molecule has 22 heavy (non-hydrogen) atoms. The molecule has 0 unspecified atom stereocenters. The lowest BCUT2D eigenvalue weighted by Gasteiger charge is -2.24. The van der Waals surface area contributed by atoms with Crippen molar-refractivity contribution in [1.29, 1.82) is 0 Å². The Morgan fingerprint density at radius 2 is 2.09 bits per heavy atom. The molecule has 2 heterocycles. The molecule has 0 bridgehead atoms. The number of thioether (sulfide) groups is 1. The van der Waals surface area contributed by atoms with Gasteiger partial charge in [0.05, 0.1) is 5.69 Å². The largest absolute Gasteiger partial charge is 0.361 e. The van der Waals surface area contributed by atoms with Crippen molar-refractivity contribution in [3.63, 3.8) is 0 Å². The zero-order chi connectivity index (χ0) is 15.5. The van der Waals surface area contributed by atoms with Crippen LogP contribution in [0.2, 0.25) is 0 Å². The molecular weight excluding hydrogens is 292 g/mol. The van der Waals surface area contributed by atoms with E-state index in [1.807, 2.05) is 0 Å². The fourth-order valence-corrected chi connectivity index (χ4v) is 3.82. The average molecular weight is 316 g/mol. The van der Waals surface area contributed by atoms with Crippen molar-refractivity contribution >= 4 is 11.8 Å². The van der Waals surface area contributed by atoms with Crippen LogP contribution in [-0.2, 0) is 13.0 Å². The first-order chi connectivity index (χ1) is 10.7. The number of aromatic nitrogens is 1. The molecule has 0 N–H and O–H groups in total. The van der Waals surface area contributed by atoms with Crippen molar-refractivity contribution in [3.8, 4) is 0 Å². The van der Waals surface area contributed by atoms with Gasteiger partial charge in [-0.2, -0.15) is 0 Å². The third-order valence-electron chi connectivity index (χ3n) is 4.55. The van der Waals surface area contributed by atoms with E-state index in [9.17, 15) is 0 Å². The molecule has 4 heteroatoms. The molecule has 1 aliphatic rings. The van der Waals surface area contributed by atoms with Gasteiger partial charge in [-0.15, -0.1) is 11.8 Å². The van der Waals surface area contributed by atoms with Gasteiger partial charge in [0.15, 0.2) is 0 Å². The second kappa shape index (κ2) is 6.88. The smallest absolute Gasteiger partial charge is 0.141 e. The maximum atomic E-state index is 5.51. The van der Waals surface area contributed by atoms with Gasteiger partial charge in [0, 0.05) is 29.5 Å². The molecular formula is C18H24N2OS. The average Bonchev–Trinajstić information content (AvgIpc) is 3.14. The Labute approximate surface area is 137 Å². The van der Waals surface area contributed by atoms with E-state index in [0.29, 0.717) is 6.04 Å². The van der Waals surface area contributed by atoms with Gasteiger partial charge in [-0.3, -0.25) is 4.90 Å². The third-order valence-corrected chi connectivity index (χ3v) is 5.29. The van der Waals surface area contributed by atoms with Crippen molar-refractivity contribution in [2.45, 2.75) is 50.6 Å². The number of hydrogen-bond acceptors (Lipinski definition) is 4. The minimum absolute atomic E-state index is 0.460. The summed E-state index contributed by atoms with van der Waals surface area (Å²) < 4.78 is 5.51. The number of nitrogens with zero attached hydrogens (tertiary/aromatic N) is 2. The van der Waals surface area contributed by atoms with Crippen LogP contribution in [0.25, 0.3) is 0 Å². The van der Waals surface area contributed by atoms with Crippen LogP contribution in [0.1, 0.15) is 48.4 Å². The molecule has 1 atom stereocenters. The molecule has 1 aliphatic heterocycles. The maximum Gasteiger partial charge on any atom is 0.141 e. The fourth-order valence-electron chi connectivity index (χ4n) is 3.41. The highest BCUT2D eigenvalue weighted by molar-refractivity contribution is 7.98. The van der Waals surface area contributed by atoms with Crippen molar-refractivity contribution in [3.05, 3.63) is 46.8 Å². The van der Waals surface area contributed by atoms with Gasteiger partial charge < -0.3 is 4.52 Å². The first-order valence-corrected chi connectivity index (χ1v) is 9.27. The number of likely N-dealkylation sites (tertiary alicyclic amines) is 1. The van der Waals surface area contributed by atoms with E-state index in [0.717, 1.165) is 31.0 Å². The highest BCUT2D eigenvalue weighted by Gasteiger charge is 2.31. The van der Waals surface area contributed by atoms with E-state index in [-0.39, 0.29) is 0 Å². The van der Waals surface area contributed by atoms with E-state index < -0.39 is 0 Å². The highest BCUT2D eigenvalue weighted by Crippen LogP contribution is 2.37. The molecule has 0 aliphatic carbocycles. The van der Waals surface area contributed by atoms with E-state index in [2.05, 4.69) is 54.4 Å². The van der Waals surface area contributed by atoms with Gasteiger partial charge in [0.25, 0.3) is 0 Å². The lowest BCUT2D eigenvalue weighted by Crippen LogP contribution is -2.23. The fraction of sp³-hybridized carbons (Fsp3) is 0.500. The Morgan fingerprint density at radius 1 is 1.32 bits per heavy atom. The maximum absolute atomic E-state index is 5.51. The van der Waals surface area contributed by atoms with Crippen LogP contribution < -0.4 is 0 Å². The first-order valence-electron chi connectivity index (χ1n) is 8.05. The quantitative estimate of drug-likeness (QED) is 0.754. The molecule has 2 aromatic rings. The van der Waals surface area contributed by atoms with Crippen LogP contribution in [0.3, 0.4) is 0 Å². The van der Waals surface area contributed by atoms with E-state index >= 15 is 0 Å². The Balaban J connectivity index is 1.79. The number of benzene rings is 1. The predicted molar refractivity (Wildman–Crippen MR) is 91.2 cm³/mol. The summed E-state index contributed by atoms with van der Waals surface area (Å²) >= 11 is 1.79. The van der Waals surface area contributed by atoms with Crippen LogP contribution in [0, 0.1) is 6.92 Å². The lowest BCUT2D eigenvalue weighted by atomic mass is 10.0. The predicted octanol–water partition coefficient (Wildman–Crippen LogP) is 4.60. The monoisotopic (exact) mass is 316 g/mol. The van der Waals surface area contributed by atoms with Gasteiger partial charge in [-0.1, -0.05) is 24.2 Å². The van der Waals surface area contributed by atoms with E-state index in [1.54, 1.807) is 11.8 Å². The third kappa shape index (κ3) is 3.08. The van der Waals surface area contributed by atoms with Crippen molar-refractivity contribution in [1.82, 2.24) is 10.1 Å². The van der Waals surface area contributed by atoms with Crippen LogP contribution in [-0.4, -0.2) is 22.9 Å². The van der Waals surface area contributed by atoms with Gasteiger partial charge >= 0.3 is 0 Å². The molecule has 3 rings (SSSR count). The normalized spacial score (nSPS) is 19.0. The summed E-state index contributed by atoms with van der Waals surface area (Å²) in [5.41, 5.74) is 3.78. The van der Waals surface area contributed by atoms with E-state index in [1.165, 1.54) is 28.9 Å². The molecule has 118 valence electrons. The van der Waals surface area contributed by atoms with Crippen LogP contribution in [0.15, 0.2) is 33.7 Å². The Kier molecular flexibility index (Phi) is 4.89. The molecule has 0 radical (unpaired) electrons. The molecule has 0 amide bonds. The van der Waals surface area contributed by atoms with Gasteiger partial charge in [0.1, 0.15) is 5.76 Å². The van der Waals surface area contributed by atoms with Crippen LogP contribution in [0.4, 0.5) is 0 Å². The zero-order valence-electron chi connectivity index (χ0n) is 13.6. The standard InChI is InChI=1S/C18H24N2OS/c1-4-17-18(13(2)19-21-17)16-6-5-11-20(16)12-14-7-9-15(22-3)10-8-14/h7-10,16H,4-6,11-12H2,1-3H3/t16-/m0/s1. The highest BCUT2D eigenvalue weighted by atomic mass is 32.2. The van der Waals surface area contributed by atoms with Gasteiger partial charge in [0.2, 0.25) is 0 Å². The number of aryl methyl sites for hydroxylation is 2. The second-order valence-electron chi connectivity index (χ2n) is 5.93. The minimum Gasteiger partial charge on any atom is -0.361 e. The zero-order valence-corrected chi connectivity index (χ0v) is 14.4. The number of hydrogen-bond donors (Lipinski definition) is 0. The second-order valence-corrected chi connectivity index (χ2v) is 6.81. The summed E-state index contributed by atoms with van der Waals surface area (Å²) in [7, 11) is 0. The molecule has 0 saturated carbocycles. The van der Waals surface area contributed by atoms with Crippen LogP contribution >= 0.6 is 11.8 Å². The molecule has 1 fully saturated rings. The molecule has 1 saturated heterocycles.